The summed E-state index contributed by atoms with van der Waals surface area (Å²) in [6, 6.07) is -0.708. The van der Waals surface area contributed by atoms with E-state index in [2.05, 4.69) is 9.88 Å². The molecule has 0 radical (unpaired) electrons. The summed E-state index contributed by atoms with van der Waals surface area (Å²) in [7, 11) is -3.50. The third-order valence-corrected chi connectivity index (χ3v) is 3.99. The molecule has 0 amide bonds. The maximum Gasteiger partial charge on any atom is 0.280 e. The number of nitrogens with one attached hydrogen (secondary N) is 1. The fraction of sp³-hybridized carbons (Fsp3) is 0.857. The van der Waals surface area contributed by atoms with Gasteiger partial charge in [0.25, 0.3) is 10.2 Å². The van der Waals surface area contributed by atoms with Gasteiger partial charge in [-0.15, -0.1) is 0 Å². The summed E-state index contributed by atoms with van der Waals surface area (Å²) in [5, 5.41) is 11.1. The van der Waals surface area contributed by atoms with Gasteiger partial charge < -0.3 is 10.9 Å². The van der Waals surface area contributed by atoms with Crippen LogP contribution in [0, 0.1) is 0 Å². The first-order chi connectivity index (χ1) is 6.97. The Morgan fingerprint density at radius 1 is 1.53 bits per heavy atom. The molecular formula is C7H16N4O3S. The van der Waals surface area contributed by atoms with Crippen molar-refractivity contribution in [1.29, 1.82) is 0 Å². The molecule has 1 heterocycles. The first-order valence-electron chi connectivity index (χ1n) is 4.72. The molecule has 0 saturated carbocycles. The molecule has 0 aromatic carbocycles. The van der Waals surface area contributed by atoms with E-state index in [4.69, 9.17) is 10.9 Å². The standard InChI is InChI=1S/C7H16N4O3S/c1-6(7(8)9-12)10-15(13,14)11-4-2-3-5-11/h6,10,12H,2-5H2,1H3,(H2,8,9). The Bertz CT molecular complexity index is 334. The van der Waals surface area contributed by atoms with Crippen LogP contribution >= 0.6 is 0 Å². The molecule has 1 aliphatic rings. The van der Waals surface area contributed by atoms with E-state index in [1.54, 1.807) is 0 Å². The van der Waals surface area contributed by atoms with E-state index in [0.29, 0.717) is 13.1 Å². The molecule has 1 unspecified atom stereocenters. The summed E-state index contributed by atoms with van der Waals surface area (Å²) >= 11 is 0. The van der Waals surface area contributed by atoms with Gasteiger partial charge in [0.1, 0.15) is 0 Å². The summed E-state index contributed by atoms with van der Waals surface area (Å²) in [5.41, 5.74) is 5.28. The molecule has 0 aromatic heterocycles. The minimum absolute atomic E-state index is 0.155. The Morgan fingerprint density at radius 3 is 2.53 bits per heavy atom. The fourth-order valence-electron chi connectivity index (χ4n) is 1.37. The molecule has 0 spiro atoms. The van der Waals surface area contributed by atoms with Gasteiger partial charge in [0, 0.05) is 13.1 Å². The average Bonchev–Trinajstić information content (AvgIpc) is 2.69. The van der Waals surface area contributed by atoms with Crippen LogP contribution in [0.1, 0.15) is 19.8 Å². The van der Waals surface area contributed by atoms with E-state index in [9.17, 15) is 8.42 Å². The van der Waals surface area contributed by atoms with Crippen LogP contribution in [0.2, 0.25) is 0 Å². The predicted molar refractivity (Wildman–Crippen MR) is 55.7 cm³/mol. The van der Waals surface area contributed by atoms with Crippen molar-refractivity contribution in [1.82, 2.24) is 9.03 Å². The van der Waals surface area contributed by atoms with Crippen molar-refractivity contribution in [2.45, 2.75) is 25.8 Å². The predicted octanol–water partition coefficient (Wildman–Crippen LogP) is -0.948. The van der Waals surface area contributed by atoms with Gasteiger partial charge in [-0.2, -0.15) is 17.4 Å². The Morgan fingerprint density at radius 2 is 2.07 bits per heavy atom. The molecule has 1 aliphatic heterocycles. The number of nitrogens with zero attached hydrogens (tertiary/aromatic N) is 2. The van der Waals surface area contributed by atoms with Crippen LogP contribution in [-0.2, 0) is 10.2 Å². The number of amidine groups is 1. The molecule has 0 aromatic rings. The van der Waals surface area contributed by atoms with Crippen molar-refractivity contribution in [3.63, 3.8) is 0 Å². The van der Waals surface area contributed by atoms with Crippen molar-refractivity contribution in [3.8, 4) is 0 Å². The molecule has 1 rings (SSSR count). The summed E-state index contributed by atoms with van der Waals surface area (Å²) in [5.74, 6) is -0.155. The smallest absolute Gasteiger partial charge is 0.280 e. The Kier molecular flexibility index (Phi) is 3.89. The molecule has 0 aliphatic carbocycles. The Hall–Kier alpha value is -0.860. The van der Waals surface area contributed by atoms with E-state index in [0.717, 1.165) is 12.8 Å². The third-order valence-electron chi connectivity index (χ3n) is 2.29. The van der Waals surface area contributed by atoms with Crippen molar-refractivity contribution in [2.24, 2.45) is 10.9 Å². The molecule has 88 valence electrons. The number of rotatable bonds is 4. The van der Waals surface area contributed by atoms with Crippen molar-refractivity contribution < 1.29 is 13.6 Å². The quantitative estimate of drug-likeness (QED) is 0.253. The van der Waals surface area contributed by atoms with Crippen LogP contribution in [-0.4, -0.2) is 42.9 Å². The van der Waals surface area contributed by atoms with Crippen LogP contribution in [0.5, 0.6) is 0 Å². The topological polar surface area (TPSA) is 108 Å². The van der Waals surface area contributed by atoms with Crippen LogP contribution in [0.15, 0.2) is 5.16 Å². The second-order valence-corrected chi connectivity index (χ2v) is 5.18. The average molecular weight is 236 g/mol. The summed E-state index contributed by atoms with van der Waals surface area (Å²) < 4.78 is 27.1. The lowest BCUT2D eigenvalue weighted by Crippen LogP contribution is -2.48. The van der Waals surface area contributed by atoms with Gasteiger partial charge in [0.2, 0.25) is 0 Å². The second kappa shape index (κ2) is 4.77. The molecule has 0 bridgehead atoms. The molecule has 1 atom stereocenters. The van der Waals surface area contributed by atoms with Gasteiger partial charge in [-0.1, -0.05) is 5.16 Å². The van der Waals surface area contributed by atoms with E-state index < -0.39 is 16.3 Å². The first-order valence-corrected chi connectivity index (χ1v) is 6.16. The molecule has 15 heavy (non-hydrogen) atoms. The largest absolute Gasteiger partial charge is 0.409 e. The maximum absolute atomic E-state index is 11.7. The molecule has 1 fully saturated rings. The first kappa shape index (κ1) is 12.2. The van der Waals surface area contributed by atoms with E-state index in [1.807, 2.05) is 0 Å². The summed E-state index contributed by atoms with van der Waals surface area (Å²) in [4.78, 5) is 0. The monoisotopic (exact) mass is 236 g/mol. The van der Waals surface area contributed by atoms with Crippen LogP contribution in [0.3, 0.4) is 0 Å². The lowest BCUT2D eigenvalue weighted by Gasteiger charge is -2.19. The second-order valence-electron chi connectivity index (χ2n) is 3.48. The van der Waals surface area contributed by atoms with Gasteiger partial charge in [-0.05, 0) is 19.8 Å². The zero-order valence-corrected chi connectivity index (χ0v) is 9.37. The van der Waals surface area contributed by atoms with Crippen LogP contribution in [0.25, 0.3) is 0 Å². The molecule has 1 saturated heterocycles. The van der Waals surface area contributed by atoms with Gasteiger partial charge >= 0.3 is 0 Å². The van der Waals surface area contributed by atoms with E-state index in [1.165, 1.54) is 11.2 Å². The minimum Gasteiger partial charge on any atom is -0.409 e. The minimum atomic E-state index is -3.50. The molecule has 4 N–H and O–H groups in total. The lowest BCUT2D eigenvalue weighted by molar-refractivity contribution is 0.315. The number of nitrogens with two attached hydrogens (primary N) is 1. The SMILES string of the molecule is CC(NS(=O)(=O)N1CCCC1)/C(N)=N/O. The van der Waals surface area contributed by atoms with Gasteiger partial charge in [-0.25, -0.2) is 0 Å². The van der Waals surface area contributed by atoms with Gasteiger partial charge in [-0.3, -0.25) is 0 Å². The highest BCUT2D eigenvalue weighted by molar-refractivity contribution is 7.87. The van der Waals surface area contributed by atoms with Crippen molar-refractivity contribution >= 4 is 16.0 Å². The number of hydrogen-bond donors (Lipinski definition) is 3. The Balaban J connectivity index is 2.63. The highest BCUT2D eigenvalue weighted by atomic mass is 32.2. The zero-order valence-electron chi connectivity index (χ0n) is 8.55. The van der Waals surface area contributed by atoms with Crippen molar-refractivity contribution in [2.75, 3.05) is 13.1 Å². The maximum atomic E-state index is 11.7. The molecule has 8 heteroatoms. The molecule has 7 nitrogen and oxygen atoms in total. The zero-order chi connectivity index (χ0) is 11.5. The normalized spacial score (nSPS) is 21.8. The van der Waals surface area contributed by atoms with Gasteiger partial charge in [0.15, 0.2) is 5.84 Å². The van der Waals surface area contributed by atoms with Crippen molar-refractivity contribution in [3.05, 3.63) is 0 Å². The van der Waals surface area contributed by atoms with Crippen LogP contribution < -0.4 is 10.5 Å². The van der Waals surface area contributed by atoms with E-state index >= 15 is 0 Å². The third kappa shape index (κ3) is 3.05. The van der Waals surface area contributed by atoms with E-state index in [-0.39, 0.29) is 5.84 Å². The number of oxime groups is 1. The Labute approximate surface area is 89.1 Å². The lowest BCUT2D eigenvalue weighted by atomic mass is 10.3. The van der Waals surface area contributed by atoms with Gasteiger partial charge in [0.05, 0.1) is 6.04 Å². The van der Waals surface area contributed by atoms with Crippen LogP contribution in [0.4, 0.5) is 0 Å². The molecular weight excluding hydrogens is 220 g/mol. The fourth-order valence-corrected chi connectivity index (χ4v) is 2.83. The highest BCUT2D eigenvalue weighted by Gasteiger charge is 2.27. The summed E-state index contributed by atoms with van der Waals surface area (Å²) in [6.07, 6.45) is 1.75. The summed E-state index contributed by atoms with van der Waals surface area (Å²) in [6.45, 7) is 2.57. The highest BCUT2D eigenvalue weighted by Crippen LogP contribution is 2.11. The number of hydrogen-bond acceptors (Lipinski definition) is 4.